The number of carboxylic acid groups (broad SMARTS) is 2. The standard InChI is InChI=1S/C20H25NO4/c1-5-8-14(2)17(21(3)4)12-7-10-15-9-6-11-16(13-15)18(19(22)23)20(24)25/h6,9-13,18H,5,8H2,1-4H3,(H,22,23)(H,24,25)/b17-14-. The van der Waals surface area contributed by atoms with Crippen LogP contribution in [0.5, 0.6) is 0 Å². The first-order valence-electron chi connectivity index (χ1n) is 8.13. The summed E-state index contributed by atoms with van der Waals surface area (Å²) in [6.45, 7) is 4.21. The highest BCUT2D eigenvalue weighted by molar-refractivity contribution is 5.99. The van der Waals surface area contributed by atoms with Gasteiger partial charge in [0.25, 0.3) is 0 Å². The second kappa shape index (κ2) is 9.50. The van der Waals surface area contributed by atoms with Crippen LogP contribution in [0.25, 0.3) is 6.08 Å². The summed E-state index contributed by atoms with van der Waals surface area (Å²) in [4.78, 5) is 24.3. The molecule has 25 heavy (non-hydrogen) atoms. The van der Waals surface area contributed by atoms with Gasteiger partial charge in [0.1, 0.15) is 0 Å². The second-order valence-electron chi connectivity index (χ2n) is 6.04. The summed E-state index contributed by atoms with van der Waals surface area (Å²) in [5, 5.41) is 18.2. The fourth-order valence-electron chi connectivity index (χ4n) is 2.57. The van der Waals surface area contributed by atoms with E-state index in [0.29, 0.717) is 5.56 Å². The van der Waals surface area contributed by atoms with E-state index in [1.54, 1.807) is 24.3 Å². The molecule has 0 saturated heterocycles. The number of benzene rings is 1. The Bertz CT molecular complexity index is 711. The maximum Gasteiger partial charge on any atom is 0.322 e. The Hall–Kier alpha value is -2.78. The van der Waals surface area contributed by atoms with E-state index < -0.39 is 17.9 Å². The third-order valence-electron chi connectivity index (χ3n) is 3.75. The number of carbonyl (C=O) groups is 2. The average molecular weight is 343 g/mol. The predicted molar refractivity (Wildman–Crippen MR) is 98.3 cm³/mol. The minimum absolute atomic E-state index is 0.237. The highest BCUT2D eigenvalue weighted by Crippen LogP contribution is 2.19. The molecule has 0 amide bonds. The van der Waals surface area contributed by atoms with Gasteiger partial charge in [-0.25, -0.2) is 0 Å². The van der Waals surface area contributed by atoms with Gasteiger partial charge in [0.15, 0.2) is 5.92 Å². The van der Waals surface area contributed by atoms with Crippen LogP contribution >= 0.6 is 0 Å². The zero-order valence-corrected chi connectivity index (χ0v) is 15.1. The number of nitrogens with zero attached hydrogens (tertiary/aromatic N) is 1. The molecule has 0 aromatic heterocycles. The third kappa shape index (κ3) is 5.98. The van der Waals surface area contributed by atoms with E-state index in [1.165, 1.54) is 11.6 Å². The summed E-state index contributed by atoms with van der Waals surface area (Å²) >= 11 is 0. The van der Waals surface area contributed by atoms with Gasteiger partial charge in [0, 0.05) is 25.9 Å². The summed E-state index contributed by atoms with van der Waals surface area (Å²) in [5.74, 6) is -4.32. The zero-order chi connectivity index (χ0) is 19.0. The quantitative estimate of drug-likeness (QED) is 0.427. The SMILES string of the molecule is CCC/C(C)=C(/C=C=Cc1cccc(C(C(=O)O)C(=O)O)c1)N(C)C. The van der Waals surface area contributed by atoms with Gasteiger partial charge < -0.3 is 15.1 Å². The molecule has 5 heteroatoms. The van der Waals surface area contributed by atoms with E-state index in [1.807, 2.05) is 25.1 Å². The number of rotatable bonds is 8. The van der Waals surface area contributed by atoms with Gasteiger partial charge in [-0.3, -0.25) is 9.59 Å². The highest BCUT2D eigenvalue weighted by atomic mass is 16.4. The molecule has 0 atom stereocenters. The number of allylic oxidation sites excluding steroid dienone is 2. The highest BCUT2D eigenvalue weighted by Gasteiger charge is 2.27. The minimum Gasteiger partial charge on any atom is -0.480 e. The van der Waals surface area contributed by atoms with E-state index >= 15 is 0 Å². The van der Waals surface area contributed by atoms with Crippen molar-refractivity contribution in [3.8, 4) is 0 Å². The lowest BCUT2D eigenvalue weighted by molar-refractivity contribution is -0.150. The van der Waals surface area contributed by atoms with Crippen LogP contribution in [0.15, 0.2) is 47.3 Å². The zero-order valence-electron chi connectivity index (χ0n) is 15.1. The monoisotopic (exact) mass is 343 g/mol. The van der Waals surface area contributed by atoms with Crippen LogP contribution in [0.4, 0.5) is 0 Å². The van der Waals surface area contributed by atoms with Gasteiger partial charge in [0.05, 0.1) is 0 Å². The summed E-state index contributed by atoms with van der Waals surface area (Å²) in [6.07, 6.45) is 5.66. The number of hydrogen-bond donors (Lipinski definition) is 2. The molecule has 0 spiro atoms. The Morgan fingerprint density at radius 2 is 1.88 bits per heavy atom. The van der Waals surface area contributed by atoms with Crippen LogP contribution in [-0.2, 0) is 9.59 Å². The molecule has 0 heterocycles. The maximum absolute atomic E-state index is 11.1. The van der Waals surface area contributed by atoms with Crippen LogP contribution in [0.1, 0.15) is 43.7 Å². The first kappa shape index (κ1) is 20.3. The molecule has 1 aromatic carbocycles. The van der Waals surface area contributed by atoms with Crippen LogP contribution in [-0.4, -0.2) is 41.1 Å². The third-order valence-corrected chi connectivity index (χ3v) is 3.75. The van der Waals surface area contributed by atoms with Gasteiger partial charge in [0.2, 0.25) is 0 Å². The molecule has 0 unspecified atom stereocenters. The van der Waals surface area contributed by atoms with Crippen molar-refractivity contribution >= 4 is 18.0 Å². The molecule has 1 rings (SSSR count). The number of aliphatic carboxylic acids is 2. The number of carboxylic acids is 2. The molecule has 0 radical (unpaired) electrons. The van der Waals surface area contributed by atoms with Gasteiger partial charge in [-0.05, 0) is 42.2 Å². The molecular weight excluding hydrogens is 318 g/mol. The largest absolute Gasteiger partial charge is 0.480 e. The molecule has 5 nitrogen and oxygen atoms in total. The van der Waals surface area contributed by atoms with Gasteiger partial charge >= 0.3 is 11.9 Å². The van der Waals surface area contributed by atoms with Crippen LogP contribution in [0, 0.1) is 0 Å². The van der Waals surface area contributed by atoms with Crippen molar-refractivity contribution < 1.29 is 19.8 Å². The molecule has 0 saturated carbocycles. The van der Waals surface area contributed by atoms with E-state index in [9.17, 15) is 9.59 Å². The molecule has 0 aliphatic carbocycles. The van der Waals surface area contributed by atoms with Crippen molar-refractivity contribution in [3.05, 3.63) is 58.5 Å². The lowest BCUT2D eigenvalue weighted by Gasteiger charge is -2.16. The van der Waals surface area contributed by atoms with Crippen molar-refractivity contribution in [2.45, 2.75) is 32.6 Å². The molecule has 0 bridgehead atoms. The van der Waals surface area contributed by atoms with Gasteiger partial charge in [-0.2, -0.15) is 0 Å². The van der Waals surface area contributed by atoms with E-state index in [2.05, 4.69) is 19.6 Å². The van der Waals surface area contributed by atoms with Crippen molar-refractivity contribution in [2.75, 3.05) is 14.1 Å². The van der Waals surface area contributed by atoms with Crippen molar-refractivity contribution in [1.29, 1.82) is 0 Å². The molecule has 1 aromatic rings. The van der Waals surface area contributed by atoms with Gasteiger partial charge in [-0.1, -0.05) is 31.5 Å². The van der Waals surface area contributed by atoms with Crippen LogP contribution < -0.4 is 0 Å². The lowest BCUT2D eigenvalue weighted by Crippen LogP contribution is -2.20. The van der Waals surface area contributed by atoms with E-state index in [0.717, 1.165) is 18.5 Å². The summed E-state index contributed by atoms with van der Waals surface area (Å²) in [7, 11) is 3.94. The fraction of sp³-hybridized carbons (Fsp3) is 0.350. The first-order chi connectivity index (χ1) is 11.8. The molecule has 0 fully saturated rings. The number of likely N-dealkylation sites (N-methyl/N-ethyl adjacent to an activating group) is 1. The normalized spacial score (nSPS) is 11.4. The Labute approximate surface area is 148 Å². The van der Waals surface area contributed by atoms with Crippen molar-refractivity contribution in [2.24, 2.45) is 0 Å². The van der Waals surface area contributed by atoms with E-state index in [4.69, 9.17) is 10.2 Å². The topological polar surface area (TPSA) is 77.8 Å². The van der Waals surface area contributed by atoms with Gasteiger partial charge in [-0.15, -0.1) is 5.73 Å². The molecular formula is C20H25NO4. The van der Waals surface area contributed by atoms with E-state index in [-0.39, 0.29) is 5.56 Å². The summed E-state index contributed by atoms with van der Waals surface area (Å²) in [5.41, 5.74) is 6.38. The Morgan fingerprint density at radius 1 is 1.24 bits per heavy atom. The predicted octanol–water partition coefficient (Wildman–Crippen LogP) is 3.74. The minimum atomic E-state index is -1.57. The molecule has 2 N–H and O–H groups in total. The summed E-state index contributed by atoms with van der Waals surface area (Å²) in [6, 6.07) is 6.49. The second-order valence-corrected chi connectivity index (χ2v) is 6.04. The average Bonchev–Trinajstić information content (AvgIpc) is 2.51. The smallest absolute Gasteiger partial charge is 0.322 e. The Morgan fingerprint density at radius 3 is 2.40 bits per heavy atom. The Kier molecular flexibility index (Phi) is 7.70. The molecule has 134 valence electrons. The fourth-order valence-corrected chi connectivity index (χ4v) is 2.57. The van der Waals surface area contributed by atoms with Crippen molar-refractivity contribution in [1.82, 2.24) is 4.90 Å². The summed E-state index contributed by atoms with van der Waals surface area (Å²) < 4.78 is 0. The lowest BCUT2D eigenvalue weighted by atomic mass is 9.97. The molecule has 0 aliphatic heterocycles. The first-order valence-corrected chi connectivity index (χ1v) is 8.13. The van der Waals surface area contributed by atoms with Crippen LogP contribution in [0.2, 0.25) is 0 Å². The maximum atomic E-state index is 11.1. The van der Waals surface area contributed by atoms with Crippen molar-refractivity contribution in [3.63, 3.8) is 0 Å². The Balaban J connectivity index is 3.16. The van der Waals surface area contributed by atoms with Crippen LogP contribution in [0.3, 0.4) is 0 Å². The molecule has 0 aliphatic rings. The number of hydrogen-bond acceptors (Lipinski definition) is 3.